The van der Waals surface area contributed by atoms with Crippen LogP contribution in [0.5, 0.6) is 0 Å². The van der Waals surface area contributed by atoms with Crippen molar-refractivity contribution in [1.82, 2.24) is 66.9 Å². The van der Waals surface area contributed by atoms with Crippen molar-refractivity contribution < 1.29 is 63.3 Å². The molecule has 10 N–H and O–H groups in total. The second-order valence-electron chi connectivity index (χ2n) is 31.0. The predicted molar refractivity (Wildman–Crippen MR) is 453 cm³/mol. The van der Waals surface area contributed by atoms with Crippen LogP contribution in [0.25, 0.3) is 31.3 Å². The molecular weight excluding hydrogens is 1510 g/mol. The largest absolute Gasteiger partial charge is 0.391 e. The number of hydrogen-bond donors (Lipinski definition) is 10. The van der Waals surface area contributed by atoms with Crippen molar-refractivity contribution in [3.05, 3.63) is 123 Å². The lowest BCUT2D eigenvalue weighted by molar-refractivity contribution is -0.144. The van der Waals surface area contributed by atoms with Gasteiger partial charge in [0, 0.05) is 72.9 Å². The molecule has 6 heterocycles. The summed E-state index contributed by atoms with van der Waals surface area (Å²) in [5, 5.41) is 51.1. The first-order valence-electron chi connectivity index (χ1n) is 39.6. The Morgan fingerprint density at radius 2 is 0.842 bits per heavy atom. The van der Waals surface area contributed by atoms with E-state index in [0.29, 0.717) is 11.4 Å². The molecule has 0 aliphatic carbocycles. The van der Waals surface area contributed by atoms with Crippen LogP contribution in [-0.4, -0.2) is 185 Å². The number of thiazole rings is 3. The summed E-state index contributed by atoms with van der Waals surface area (Å²) in [6.07, 6.45) is 1.17. The quantitative estimate of drug-likeness (QED) is 0.0302. The smallest absolute Gasteiger partial charge is 0.280 e. The molecule has 0 spiro atoms. The summed E-state index contributed by atoms with van der Waals surface area (Å²) in [4.78, 5) is 147. The molecule has 114 heavy (non-hydrogen) atoms. The number of likely N-dealkylation sites (tertiary alicyclic amines) is 3. The number of hydrogen-bond acceptors (Lipinski definition) is 19. The molecule has 0 unspecified atom stereocenters. The molecule has 9 rings (SSSR count). The molecule has 6 aromatic rings. The average Bonchev–Trinajstić information content (AvgIpc) is 1.60. The first-order chi connectivity index (χ1) is 53.6. The third-order valence-corrected chi connectivity index (χ3v) is 22.9. The topological polar surface area (TPSA) is 364 Å². The Morgan fingerprint density at radius 3 is 1.18 bits per heavy atom. The molecule has 3 aromatic heterocycles. The molecule has 3 fully saturated rings. The molecule has 3 aromatic carbocycles. The van der Waals surface area contributed by atoms with Crippen molar-refractivity contribution in [3.8, 4) is 31.3 Å². The van der Waals surface area contributed by atoms with Crippen LogP contribution in [0.2, 0.25) is 0 Å². The number of aryl methyl sites for hydroxylation is 3. The highest BCUT2D eigenvalue weighted by Crippen LogP contribution is 2.36. The van der Waals surface area contributed by atoms with E-state index in [9.17, 15) is 63.3 Å². The van der Waals surface area contributed by atoms with Crippen LogP contribution in [0, 0.1) is 30.1 Å². The number of nitrogens with one attached hydrogen (secondary N) is 7. The number of rotatable bonds is 22. The maximum Gasteiger partial charge on any atom is 0.280 e. The third-order valence-electron chi connectivity index (χ3n) is 19.9. The Morgan fingerprint density at radius 1 is 0.491 bits per heavy atom. The number of aliphatic hydroxyl groups excluding tert-OH is 3. The number of aromatic nitrogens is 3. The molecule has 0 radical (unpaired) electrons. The standard InChI is InChI=1S/C27H38N4O4S.C26H35N5O5S.C26H36N4O4S.3C2H6/c1-8-18-11-19(9-10-21(18)23-16(3)28-14-36-23)15(2)29-25(34)22-12-20(33)13-31(22)26(35)24(27(5,6)7)30-17(4)32;1-14(16-7-9-17(10-8-16)20-12-28-24(37-20)23(35)27-6)29-22(34)19-11-18(33)13-31(19)25(36)21(26(3,4)5)30-15(2)32;1-7-26(5,6)23(29-17(4)31)25(34)30-13-20(32)12-21(30)24(33)28-15(2)18-8-10-19(11-9-18)22-16(3)27-14-35-22;3*1-2/h9-11,14-15,20,22,24,33H,8,12-13H2,1-7H3,(H,29,34)(H,30,32);7-10,12,14,18-19,21,33H,11,13H2,1-6H3,(H,27,35)(H,29,34)(H,30,32);8-11,14-15,20-21,23,32H,7,12-13H2,1-6H3,(H,28,33)(H,29,31);3*1-2H3/t15-,20+,22-,24+;14-,18+,19-,21+;15-,20+,21-,23+;;;/m000.../s1. The van der Waals surface area contributed by atoms with E-state index in [1.165, 1.54) is 52.4 Å². The lowest BCUT2D eigenvalue weighted by Gasteiger charge is -2.37. The van der Waals surface area contributed by atoms with Gasteiger partial charge in [-0.3, -0.25) is 47.9 Å². The van der Waals surface area contributed by atoms with E-state index >= 15 is 0 Å². The number of amides is 10. The zero-order valence-corrected chi connectivity index (χ0v) is 73.9. The van der Waals surface area contributed by atoms with Gasteiger partial charge in [-0.1, -0.05) is 178 Å². The Balaban J connectivity index is 0.000000348. The first-order valence-corrected chi connectivity index (χ1v) is 42.2. The summed E-state index contributed by atoms with van der Waals surface area (Å²) in [7, 11) is 1.56. The summed E-state index contributed by atoms with van der Waals surface area (Å²) in [6.45, 7) is 44.8. The van der Waals surface area contributed by atoms with E-state index in [0.717, 1.165) is 65.8 Å². The average molecular weight is 1640 g/mol. The van der Waals surface area contributed by atoms with E-state index in [1.807, 2.05) is 204 Å². The second-order valence-corrected chi connectivity index (χ2v) is 33.8. The first kappa shape index (κ1) is 97.5. The van der Waals surface area contributed by atoms with Gasteiger partial charge in [0.05, 0.1) is 73.5 Å². The molecule has 10 amide bonds. The summed E-state index contributed by atoms with van der Waals surface area (Å²) in [5.41, 5.74) is 11.1. The molecule has 3 saturated heterocycles. The van der Waals surface area contributed by atoms with Crippen LogP contribution >= 0.6 is 34.0 Å². The minimum Gasteiger partial charge on any atom is -0.391 e. The molecule has 628 valence electrons. The molecule has 29 heteroatoms. The predicted octanol–water partition coefficient (Wildman–Crippen LogP) is 11.5. The van der Waals surface area contributed by atoms with Crippen LogP contribution in [0.3, 0.4) is 0 Å². The number of β-amino-alcohol motifs (C(OH)–C–C–N with tert-alkyl or cyclic N) is 3. The van der Waals surface area contributed by atoms with Crippen molar-refractivity contribution in [3.63, 3.8) is 0 Å². The van der Waals surface area contributed by atoms with Crippen LogP contribution in [0.15, 0.2) is 83.9 Å². The van der Waals surface area contributed by atoms with Crippen molar-refractivity contribution in [2.75, 3.05) is 26.7 Å². The van der Waals surface area contributed by atoms with Crippen molar-refractivity contribution in [2.45, 2.75) is 271 Å². The van der Waals surface area contributed by atoms with E-state index in [2.05, 4.69) is 71.2 Å². The molecule has 3 aliphatic rings. The summed E-state index contributed by atoms with van der Waals surface area (Å²) < 4.78 is 0. The van der Waals surface area contributed by atoms with Gasteiger partial charge in [0.15, 0.2) is 5.01 Å². The molecule has 3 aliphatic heterocycles. The van der Waals surface area contributed by atoms with Crippen LogP contribution in [0.4, 0.5) is 0 Å². The van der Waals surface area contributed by atoms with Gasteiger partial charge in [0.25, 0.3) is 5.91 Å². The highest BCUT2D eigenvalue weighted by Gasteiger charge is 2.48. The highest BCUT2D eigenvalue weighted by molar-refractivity contribution is 7.17. The van der Waals surface area contributed by atoms with Gasteiger partial charge in [0.1, 0.15) is 36.3 Å². The molecule has 12 atom stereocenters. The number of benzene rings is 3. The summed E-state index contributed by atoms with van der Waals surface area (Å²) in [6, 6.07) is 15.9. The Hall–Kier alpha value is -8.87. The molecule has 0 saturated carbocycles. The van der Waals surface area contributed by atoms with E-state index < -0.39 is 76.7 Å². The fourth-order valence-electron chi connectivity index (χ4n) is 13.3. The van der Waals surface area contributed by atoms with Gasteiger partial charge in [-0.25, -0.2) is 15.0 Å². The van der Waals surface area contributed by atoms with Gasteiger partial charge in [-0.2, -0.15) is 0 Å². The number of aliphatic hydroxyl groups is 3. The fraction of sp³-hybridized carbons (Fsp3) is 0.565. The lowest BCUT2D eigenvalue weighted by atomic mass is 9.81. The number of carbonyl (C=O) groups excluding carboxylic acids is 10. The highest BCUT2D eigenvalue weighted by atomic mass is 32.1. The van der Waals surface area contributed by atoms with Gasteiger partial charge in [-0.15, -0.1) is 34.0 Å². The summed E-state index contributed by atoms with van der Waals surface area (Å²) in [5.74, 6) is -3.30. The number of nitrogens with zero attached hydrogens (tertiary/aromatic N) is 6. The van der Waals surface area contributed by atoms with Gasteiger partial charge >= 0.3 is 0 Å². The minimum absolute atomic E-state index is 0.0268. The lowest BCUT2D eigenvalue weighted by Crippen LogP contribution is -2.58. The second kappa shape index (κ2) is 44.3. The van der Waals surface area contributed by atoms with Gasteiger partial charge in [-0.05, 0) is 103 Å². The molecular formula is C85H127N13O13S3. The van der Waals surface area contributed by atoms with Crippen molar-refractivity contribution in [1.29, 1.82) is 0 Å². The van der Waals surface area contributed by atoms with Crippen molar-refractivity contribution in [2.24, 2.45) is 16.2 Å². The monoisotopic (exact) mass is 1630 g/mol. The Kier molecular flexibility index (Phi) is 37.9. The third kappa shape index (κ3) is 26.3. The number of carbonyl (C=O) groups is 10. The normalized spacial score (nSPS) is 18.6. The minimum atomic E-state index is -0.844. The van der Waals surface area contributed by atoms with Gasteiger partial charge < -0.3 is 67.2 Å². The zero-order valence-electron chi connectivity index (χ0n) is 71.5. The van der Waals surface area contributed by atoms with Gasteiger partial charge in [0.2, 0.25) is 53.2 Å². The van der Waals surface area contributed by atoms with Crippen LogP contribution in [-0.2, 0) is 49.6 Å². The maximum atomic E-state index is 13.5. The van der Waals surface area contributed by atoms with E-state index in [4.69, 9.17) is 0 Å². The Bertz CT molecular complexity index is 4180. The van der Waals surface area contributed by atoms with E-state index in [1.54, 1.807) is 35.9 Å². The Labute approximate surface area is 687 Å². The summed E-state index contributed by atoms with van der Waals surface area (Å²) >= 11 is 4.50. The van der Waals surface area contributed by atoms with Crippen molar-refractivity contribution >= 4 is 93.1 Å². The fourth-order valence-corrected chi connectivity index (χ4v) is 15.9. The molecule has 26 nitrogen and oxygen atoms in total. The molecule has 0 bridgehead atoms. The van der Waals surface area contributed by atoms with E-state index in [-0.39, 0.29) is 110 Å². The SMILES string of the molecule is CC.CC.CC.CCC(C)(C)[C@H](NC(C)=O)C(=O)N1C[C@H](O)C[C@H]1C(=O)N[C@@H](C)c1ccc(-c2scnc2C)cc1.CCc1cc([C@H](C)NC(=O)[C@@H]2C[C@@H](O)CN2C(=O)[C@@H](NC(C)=O)C(C)(C)C)ccc1-c1scnc1C.CNC(=O)c1ncc(-c2ccc([C@H](C)NC(=O)[C@@H]3C[C@@H](O)CN3C(=O)[C@@H](NC(C)=O)C(C)(C)C)cc2)s1. The zero-order chi connectivity index (χ0) is 86.2. The van der Waals surface area contributed by atoms with Crippen LogP contribution < -0.4 is 37.2 Å². The maximum absolute atomic E-state index is 13.5. The van der Waals surface area contributed by atoms with Crippen LogP contribution in [0.1, 0.15) is 240 Å².